The number of fused-ring (bicyclic) bond motifs is 1. The summed E-state index contributed by atoms with van der Waals surface area (Å²) in [6, 6.07) is 14.1. The van der Waals surface area contributed by atoms with Gasteiger partial charge in [0.25, 0.3) is 0 Å². The molecule has 0 saturated carbocycles. The molecular weight excluding hydrogens is 290 g/mol. The molecule has 0 unspecified atom stereocenters. The number of benzene rings is 2. The van der Waals surface area contributed by atoms with Crippen LogP contribution in [0.4, 0.5) is 5.95 Å². The molecule has 0 radical (unpaired) electrons. The number of nitrogens with two attached hydrogens (primary N) is 1. The van der Waals surface area contributed by atoms with E-state index in [2.05, 4.69) is 33.9 Å². The Balaban J connectivity index is 2.30. The van der Waals surface area contributed by atoms with Crippen LogP contribution in [0.15, 0.2) is 46.9 Å². The van der Waals surface area contributed by atoms with Crippen molar-refractivity contribution in [2.24, 2.45) is 0 Å². The van der Waals surface area contributed by atoms with Crippen LogP contribution in [-0.2, 0) is 0 Å². The van der Waals surface area contributed by atoms with Crippen LogP contribution in [-0.4, -0.2) is 9.55 Å². The van der Waals surface area contributed by atoms with Crippen LogP contribution in [0.2, 0.25) is 0 Å². The van der Waals surface area contributed by atoms with E-state index < -0.39 is 0 Å². The minimum absolute atomic E-state index is 0.512. The highest BCUT2D eigenvalue weighted by Gasteiger charge is 2.09. The molecule has 2 N–H and O–H groups in total. The van der Waals surface area contributed by atoms with Gasteiger partial charge in [-0.15, -0.1) is 0 Å². The number of rotatable bonds is 1. The van der Waals surface area contributed by atoms with Gasteiger partial charge in [0.05, 0.1) is 11.0 Å². The van der Waals surface area contributed by atoms with Gasteiger partial charge in [-0.1, -0.05) is 28.1 Å². The van der Waals surface area contributed by atoms with Crippen LogP contribution < -0.4 is 5.73 Å². The van der Waals surface area contributed by atoms with Gasteiger partial charge in [0, 0.05) is 10.2 Å². The first-order valence-corrected chi connectivity index (χ1v) is 6.45. The largest absolute Gasteiger partial charge is 0.369 e. The number of para-hydroxylation sites is 2. The van der Waals surface area contributed by atoms with E-state index >= 15 is 0 Å². The number of aryl methyl sites for hydroxylation is 1. The molecule has 0 aliphatic rings. The van der Waals surface area contributed by atoms with E-state index in [1.54, 1.807) is 0 Å². The van der Waals surface area contributed by atoms with Crippen LogP contribution in [0, 0.1) is 6.92 Å². The third-order valence-electron chi connectivity index (χ3n) is 2.99. The zero-order valence-corrected chi connectivity index (χ0v) is 11.5. The molecule has 0 saturated heterocycles. The number of hydrogen-bond donors (Lipinski definition) is 1. The Kier molecular flexibility index (Phi) is 2.59. The van der Waals surface area contributed by atoms with E-state index in [-0.39, 0.29) is 0 Å². The van der Waals surface area contributed by atoms with Crippen LogP contribution in [0.3, 0.4) is 0 Å². The van der Waals surface area contributed by atoms with Gasteiger partial charge in [-0.25, -0.2) is 4.98 Å². The van der Waals surface area contributed by atoms with E-state index in [9.17, 15) is 0 Å². The monoisotopic (exact) mass is 301 g/mol. The van der Waals surface area contributed by atoms with Gasteiger partial charge in [0.15, 0.2) is 0 Å². The summed E-state index contributed by atoms with van der Waals surface area (Å²) in [6.07, 6.45) is 0. The standard InChI is InChI=1S/C14H12BrN3/c1-9-8-10(6-7-11(9)15)18-13-5-3-2-4-12(13)17-14(18)16/h2-8H,1H3,(H2,16,17). The quantitative estimate of drug-likeness (QED) is 0.745. The molecule has 0 fully saturated rings. The molecule has 0 bridgehead atoms. The van der Waals surface area contributed by atoms with E-state index in [4.69, 9.17) is 5.73 Å². The van der Waals surface area contributed by atoms with Crippen LogP contribution in [0.1, 0.15) is 5.56 Å². The van der Waals surface area contributed by atoms with Crippen molar-refractivity contribution in [1.29, 1.82) is 0 Å². The van der Waals surface area contributed by atoms with E-state index in [0.29, 0.717) is 5.95 Å². The zero-order valence-electron chi connectivity index (χ0n) is 9.89. The molecule has 90 valence electrons. The third kappa shape index (κ3) is 1.69. The maximum atomic E-state index is 6.01. The van der Waals surface area contributed by atoms with E-state index in [0.717, 1.165) is 21.2 Å². The Morgan fingerprint density at radius 1 is 1.17 bits per heavy atom. The van der Waals surface area contributed by atoms with E-state index in [1.165, 1.54) is 5.56 Å². The molecule has 0 amide bonds. The van der Waals surface area contributed by atoms with E-state index in [1.807, 2.05) is 41.0 Å². The molecule has 0 aliphatic heterocycles. The fraction of sp³-hybridized carbons (Fsp3) is 0.0714. The molecule has 0 spiro atoms. The SMILES string of the molecule is Cc1cc(-n2c(N)nc3ccccc32)ccc1Br. The van der Waals surface area contributed by atoms with Gasteiger partial charge in [-0.3, -0.25) is 4.57 Å². The Labute approximate surface area is 113 Å². The molecule has 0 aliphatic carbocycles. The molecule has 3 aromatic rings. The van der Waals surface area contributed by atoms with Crippen LogP contribution in [0.5, 0.6) is 0 Å². The van der Waals surface area contributed by atoms with Crippen LogP contribution >= 0.6 is 15.9 Å². The lowest BCUT2D eigenvalue weighted by Crippen LogP contribution is -2.00. The number of hydrogen-bond acceptors (Lipinski definition) is 2. The van der Waals surface area contributed by atoms with Crippen molar-refractivity contribution in [2.75, 3.05) is 5.73 Å². The van der Waals surface area contributed by atoms with Gasteiger partial charge in [0.2, 0.25) is 5.95 Å². The summed E-state index contributed by atoms with van der Waals surface area (Å²) < 4.78 is 3.06. The maximum Gasteiger partial charge on any atom is 0.205 e. The first-order valence-electron chi connectivity index (χ1n) is 5.66. The first-order chi connectivity index (χ1) is 8.66. The van der Waals surface area contributed by atoms with Crippen molar-refractivity contribution in [3.8, 4) is 5.69 Å². The highest BCUT2D eigenvalue weighted by Crippen LogP contribution is 2.25. The number of aromatic nitrogens is 2. The summed E-state index contributed by atoms with van der Waals surface area (Å²) in [5, 5.41) is 0. The van der Waals surface area contributed by atoms with Gasteiger partial charge < -0.3 is 5.73 Å². The Morgan fingerprint density at radius 2 is 1.94 bits per heavy atom. The Bertz CT molecular complexity index is 731. The summed E-state index contributed by atoms with van der Waals surface area (Å²) in [4.78, 5) is 4.37. The van der Waals surface area contributed by atoms with Gasteiger partial charge in [-0.05, 0) is 42.8 Å². The fourth-order valence-corrected chi connectivity index (χ4v) is 2.33. The summed E-state index contributed by atoms with van der Waals surface area (Å²) in [5.74, 6) is 0.512. The Morgan fingerprint density at radius 3 is 2.72 bits per heavy atom. The second kappa shape index (κ2) is 4.14. The topological polar surface area (TPSA) is 43.8 Å². The van der Waals surface area contributed by atoms with Crippen molar-refractivity contribution < 1.29 is 0 Å². The summed E-state index contributed by atoms with van der Waals surface area (Å²) in [6.45, 7) is 2.06. The zero-order chi connectivity index (χ0) is 12.7. The highest BCUT2D eigenvalue weighted by atomic mass is 79.9. The predicted molar refractivity (Wildman–Crippen MR) is 77.9 cm³/mol. The lowest BCUT2D eigenvalue weighted by atomic mass is 10.2. The lowest BCUT2D eigenvalue weighted by molar-refractivity contribution is 1.10. The van der Waals surface area contributed by atoms with Gasteiger partial charge in [-0.2, -0.15) is 0 Å². The van der Waals surface area contributed by atoms with Gasteiger partial charge in [0.1, 0.15) is 0 Å². The molecule has 3 rings (SSSR count). The molecular formula is C14H12BrN3. The average Bonchev–Trinajstić information content (AvgIpc) is 2.69. The molecule has 0 atom stereocenters. The number of imidazole rings is 1. The smallest absolute Gasteiger partial charge is 0.205 e. The highest BCUT2D eigenvalue weighted by molar-refractivity contribution is 9.10. The molecule has 18 heavy (non-hydrogen) atoms. The first kappa shape index (κ1) is 11.3. The minimum Gasteiger partial charge on any atom is -0.369 e. The Hall–Kier alpha value is -1.81. The third-order valence-corrected chi connectivity index (χ3v) is 3.88. The predicted octanol–water partition coefficient (Wildman–Crippen LogP) is 3.68. The molecule has 3 nitrogen and oxygen atoms in total. The average molecular weight is 302 g/mol. The van der Waals surface area contributed by atoms with Crippen LogP contribution in [0.25, 0.3) is 16.7 Å². The normalized spacial score (nSPS) is 11.0. The number of halogens is 1. The molecule has 1 aromatic heterocycles. The van der Waals surface area contributed by atoms with Gasteiger partial charge >= 0.3 is 0 Å². The second-order valence-electron chi connectivity index (χ2n) is 4.23. The fourth-order valence-electron chi connectivity index (χ4n) is 2.08. The molecule has 4 heteroatoms. The number of nitrogens with zero attached hydrogens (tertiary/aromatic N) is 2. The van der Waals surface area contributed by atoms with Crippen molar-refractivity contribution in [1.82, 2.24) is 9.55 Å². The second-order valence-corrected chi connectivity index (χ2v) is 5.08. The number of nitrogen functional groups attached to an aromatic ring is 1. The van der Waals surface area contributed by atoms with Crippen molar-refractivity contribution >= 4 is 32.9 Å². The minimum atomic E-state index is 0.512. The van der Waals surface area contributed by atoms with Crippen molar-refractivity contribution in [3.63, 3.8) is 0 Å². The molecule has 2 aromatic carbocycles. The summed E-state index contributed by atoms with van der Waals surface area (Å²) in [7, 11) is 0. The maximum absolute atomic E-state index is 6.01. The summed E-state index contributed by atoms with van der Waals surface area (Å²) in [5.41, 5.74) is 10.2. The van der Waals surface area contributed by atoms with Crippen molar-refractivity contribution in [2.45, 2.75) is 6.92 Å². The molecule has 1 heterocycles. The lowest BCUT2D eigenvalue weighted by Gasteiger charge is -2.08. The van der Waals surface area contributed by atoms with Crippen molar-refractivity contribution in [3.05, 3.63) is 52.5 Å². The number of anilines is 1. The summed E-state index contributed by atoms with van der Waals surface area (Å²) >= 11 is 3.50.